The van der Waals surface area contributed by atoms with E-state index < -0.39 is 0 Å². The van der Waals surface area contributed by atoms with Gasteiger partial charge < -0.3 is 5.32 Å². The first-order valence-electron chi connectivity index (χ1n) is 7.41. The quantitative estimate of drug-likeness (QED) is 0.732. The predicted octanol–water partition coefficient (Wildman–Crippen LogP) is 4.95. The van der Waals surface area contributed by atoms with Crippen LogP contribution in [-0.2, 0) is 0 Å². The highest BCUT2D eigenvalue weighted by Crippen LogP contribution is 2.34. The number of fused-ring (bicyclic) bond motifs is 1. The molecule has 0 spiro atoms. The van der Waals surface area contributed by atoms with Crippen LogP contribution in [0.4, 0.5) is 5.69 Å². The maximum absolute atomic E-state index is 4.95. The van der Waals surface area contributed by atoms with E-state index in [0.29, 0.717) is 0 Å². The summed E-state index contributed by atoms with van der Waals surface area (Å²) in [4.78, 5) is 4.95. The van der Waals surface area contributed by atoms with Crippen molar-refractivity contribution in [2.45, 2.75) is 20.8 Å². The van der Waals surface area contributed by atoms with E-state index in [0.717, 1.165) is 17.8 Å². The van der Waals surface area contributed by atoms with Gasteiger partial charge in [-0.25, -0.2) is 4.98 Å². The van der Waals surface area contributed by atoms with Crippen molar-refractivity contribution in [3.8, 4) is 11.3 Å². The first-order valence-corrected chi connectivity index (χ1v) is 7.41. The molecule has 3 rings (SSSR count). The van der Waals surface area contributed by atoms with E-state index in [2.05, 4.69) is 68.6 Å². The third-order valence-electron chi connectivity index (χ3n) is 3.86. The fourth-order valence-electron chi connectivity index (χ4n) is 2.81. The molecule has 2 aromatic carbocycles. The molecule has 1 aromatic heterocycles. The molecule has 0 bridgehead atoms. The normalized spacial score (nSPS) is 10.8. The lowest BCUT2D eigenvalue weighted by molar-refractivity contribution is 1.19. The monoisotopic (exact) mass is 276 g/mol. The van der Waals surface area contributed by atoms with Crippen molar-refractivity contribution < 1.29 is 0 Å². The number of benzene rings is 2. The van der Waals surface area contributed by atoms with Crippen LogP contribution in [-0.4, -0.2) is 11.5 Å². The highest BCUT2D eigenvalue weighted by atomic mass is 14.9. The van der Waals surface area contributed by atoms with Gasteiger partial charge in [0.1, 0.15) is 0 Å². The van der Waals surface area contributed by atoms with E-state index in [-0.39, 0.29) is 0 Å². The van der Waals surface area contributed by atoms with Gasteiger partial charge in [-0.15, -0.1) is 0 Å². The third kappa shape index (κ3) is 2.38. The molecule has 0 aliphatic heterocycles. The number of hydrogen-bond donors (Lipinski definition) is 1. The minimum Gasteiger partial charge on any atom is -0.384 e. The molecule has 3 aromatic rings. The maximum atomic E-state index is 4.95. The van der Waals surface area contributed by atoms with Crippen molar-refractivity contribution in [2.24, 2.45) is 0 Å². The molecule has 1 N–H and O–H groups in total. The Morgan fingerprint density at radius 2 is 1.71 bits per heavy atom. The number of nitrogens with zero attached hydrogens (tertiary/aromatic N) is 1. The zero-order chi connectivity index (χ0) is 14.8. The van der Waals surface area contributed by atoms with Gasteiger partial charge in [-0.2, -0.15) is 0 Å². The molecule has 0 radical (unpaired) electrons. The molecule has 0 unspecified atom stereocenters. The van der Waals surface area contributed by atoms with Crippen LogP contribution < -0.4 is 5.32 Å². The van der Waals surface area contributed by atoms with Gasteiger partial charge in [-0.3, -0.25) is 0 Å². The Bertz CT molecular complexity index is 776. The number of anilines is 1. The molecule has 0 saturated carbocycles. The number of hydrogen-bond acceptors (Lipinski definition) is 2. The van der Waals surface area contributed by atoms with E-state index in [1.54, 1.807) is 0 Å². The average Bonchev–Trinajstić information content (AvgIpc) is 2.51. The van der Waals surface area contributed by atoms with Crippen molar-refractivity contribution in [1.29, 1.82) is 0 Å². The molecule has 1 heterocycles. The zero-order valence-corrected chi connectivity index (χ0v) is 12.8. The van der Waals surface area contributed by atoms with Crippen LogP contribution in [0, 0.1) is 13.8 Å². The van der Waals surface area contributed by atoms with Crippen molar-refractivity contribution >= 4 is 16.6 Å². The van der Waals surface area contributed by atoms with E-state index in [1.807, 2.05) is 6.07 Å². The van der Waals surface area contributed by atoms with Crippen LogP contribution in [0.1, 0.15) is 18.1 Å². The molecule has 21 heavy (non-hydrogen) atoms. The smallest absolute Gasteiger partial charge is 0.0759 e. The zero-order valence-electron chi connectivity index (χ0n) is 12.8. The number of pyridine rings is 1. The predicted molar refractivity (Wildman–Crippen MR) is 90.8 cm³/mol. The summed E-state index contributed by atoms with van der Waals surface area (Å²) in [5.41, 5.74) is 6.93. The summed E-state index contributed by atoms with van der Waals surface area (Å²) in [6, 6.07) is 16.8. The van der Waals surface area contributed by atoms with Gasteiger partial charge in [-0.1, -0.05) is 48.5 Å². The molecular weight excluding hydrogens is 256 g/mol. The van der Waals surface area contributed by atoms with Crippen LogP contribution in [0.25, 0.3) is 22.2 Å². The van der Waals surface area contributed by atoms with Gasteiger partial charge in [0.2, 0.25) is 0 Å². The Hall–Kier alpha value is -2.35. The fraction of sp³-hybridized carbons (Fsp3) is 0.211. The Morgan fingerprint density at radius 1 is 0.952 bits per heavy atom. The minimum absolute atomic E-state index is 0.905. The fourth-order valence-corrected chi connectivity index (χ4v) is 2.81. The van der Waals surface area contributed by atoms with Gasteiger partial charge in [0, 0.05) is 23.2 Å². The molecular formula is C19H20N2. The van der Waals surface area contributed by atoms with Gasteiger partial charge >= 0.3 is 0 Å². The molecule has 2 nitrogen and oxygen atoms in total. The molecule has 0 amide bonds. The van der Waals surface area contributed by atoms with E-state index >= 15 is 0 Å². The van der Waals surface area contributed by atoms with E-state index in [9.17, 15) is 0 Å². The van der Waals surface area contributed by atoms with Crippen molar-refractivity contribution in [2.75, 3.05) is 11.9 Å². The van der Waals surface area contributed by atoms with Crippen molar-refractivity contribution in [3.63, 3.8) is 0 Å². The number of rotatable bonds is 3. The third-order valence-corrected chi connectivity index (χ3v) is 3.86. The molecule has 0 saturated heterocycles. The highest BCUT2D eigenvalue weighted by Gasteiger charge is 2.13. The van der Waals surface area contributed by atoms with Crippen LogP contribution in [0.15, 0.2) is 48.5 Å². The Kier molecular flexibility index (Phi) is 3.61. The second kappa shape index (κ2) is 5.57. The Labute approximate surface area is 125 Å². The number of para-hydroxylation sites is 1. The summed E-state index contributed by atoms with van der Waals surface area (Å²) in [5, 5.41) is 4.72. The average molecular weight is 276 g/mol. The first kappa shape index (κ1) is 13.6. The highest BCUT2D eigenvalue weighted by molar-refractivity contribution is 5.97. The van der Waals surface area contributed by atoms with Gasteiger partial charge in [0.25, 0.3) is 0 Å². The Balaban J connectivity index is 2.36. The van der Waals surface area contributed by atoms with Crippen molar-refractivity contribution in [3.05, 3.63) is 59.7 Å². The SMILES string of the molecule is CCNc1c(C)c(-c2ccccc2)nc2c(C)cccc12. The van der Waals surface area contributed by atoms with Gasteiger partial charge in [0.05, 0.1) is 11.2 Å². The number of nitrogens with one attached hydrogen (secondary N) is 1. The first-order chi connectivity index (χ1) is 10.2. The lowest BCUT2D eigenvalue weighted by Gasteiger charge is -2.16. The van der Waals surface area contributed by atoms with Gasteiger partial charge in [0.15, 0.2) is 0 Å². The molecule has 2 heteroatoms. The molecule has 0 aliphatic rings. The molecule has 0 aliphatic carbocycles. The molecule has 106 valence electrons. The number of aromatic nitrogens is 1. The number of aryl methyl sites for hydroxylation is 1. The van der Waals surface area contributed by atoms with Crippen LogP contribution in [0.2, 0.25) is 0 Å². The van der Waals surface area contributed by atoms with E-state index in [4.69, 9.17) is 4.98 Å². The second-order valence-electron chi connectivity index (χ2n) is 5.33. The molecule has 0 fully saturated rings. The summed E-state index contributed by atoms with van der Waals surface area (Å²) < 4.78 is 0. The lowest BCUT2D eigenvalue weighted by Crippen LogP contribution is -2.03. The van der Waals surface area contributed by atoms with Crippen LogP contribution >= 0.6 is 0 Å². The molecule has 0 atom stereocenters. The van der Waals surface area contributed by atoms with Crippen molar-refractivity contribution in [1.82, 2.24) is 4.98 Å². The van der Waals surface area contributed by atoms with Gasteiger partial charge in [-0.05, 0) is 31.9 Å². The second-order valence-corrected chi connectivity index (χ2v) is 5.33. The lowest BCUT2D eigenvalue weighted by atomic mass is 10.00. The standard InChI is InChI=1S/C19H20N2/c1-4-20-19-14(3)18(15-10-6-5-7-11-15)21-17-13(2)9-8-12-16(17)19/h5-12H,4H2,1-3H3,(H,20,21). The Morgan fingerprint density at radius 3 is 2.43 bits per heavy atom. The minimum atomic E-state index is 0.905. The van der Waals surface area contributed by atoms with Crippen LogP contribution in [0.5, 0.6) is 0 Å². The summed E-state index contributed by atoms with van der Waals surface area (Å²) in [6.45, 7) is 7.30. The largest absolute Gasteiger partial charge is 0.384 e. The topological polar surface area (TPSA) is 24.9 Å². The summed E-state index contributed by atoms with van der Waals surface area (Å²) >= 11 is 0. The maximum Gasteiger partial charge on any atom is 0.0759 e. The van der Waals surface area contributed by atoms with E-state index in [1.165, 1.54) is 27.8 Å². The summed E-state index contributed by atoms with van der Waals surface area (Å²) in [6.07, 6.45) is 0. The summed E-state index contributed by atoms with van der Waals surface area (Å²) in [5.74, 6) is 0. The summed E-state index contributed by atoms with van der Waals surface area (Å²) in [7, 11) is 0. The van der Waals surface area contributed by atoms with Crippen LogP contribution in [0.3, 0.4) is 0 Å².